The topological polar surface area (TPSA) is 96.1 Å². The minimum absolute atomic E-state index is 0.0189. The van der Waals surface area contributed by atoms with E-state index >= 15 is 0 Å². The molecule has 6 nitrogen and oxygen atoms in total. The summed E-state index contributed by atoms with van der Waals surface area (Å²) in [5.41, 5.74) is 1.43. The van der Waals surface area contributed by atoms with Crippen LogP contribution in [0.1, 0.15) is 34.5 Å². The highest BCUT2D eigenvalue weighted by Crippen LogP contribution is 2.18. The zero-order chi connectivity index (χ0) is 19.4. The van der Waals surface area contributed by atoms with E-state index in [2.05, 4.69) is 10.3 Å². The predicted molar refractivity (Wildman–Crippen MR) is 98.8 cm³/mol. The van der Waals surface area contributed by atoms with Gasteiger partial charge in [-0.15, -0.1) is 0 Å². The predicted octanol–water partition coefficient (Wildman–Crippen LogP) is 2.11. The molecule has 1 aromatic carbocycles. The zero-order valence-electron chi connectivity index (χ0n) is 14.5. The number of aromatic amines is 1. The van der Waals surface area contributed by atoms with Crippen LogP contribution in [0.3, 0.4) is 0 Å². The van der Waals surface area contributed by atoms with E-state index in [0.717, 1.165) is 54.5 Å². The van der Waals surface area contributed by atoms with Gasteiger partial charge in [0.15, 0.2) is 9.84 Å². The van der Waals surface area contributed by atoms with Crippen molar-refractivity contribution in [2.24, 2.45) is 0 Å². The Morgan fingerprint density at radius 3 is 2.63 bits per heavy atom. The highest BCUT2D eigenvalue weighted by molar-refractivity contribution is 7.94. The maximum absolute atomic E-state index is 12.9. The molecule has 1 aromatic heterocycles. The number of H-pyrrole nitrogens is 1. The Hall–Kier alpha value is -2.74. The fraction of sp³-hybridized carbons (Fsp3) is 0.263. The summed E-state index contributed by atoms with van der Waals surface area (Å²) in [6, 6.07) is 6.07. The molecular formula is C19H19FN2O4S. The molecule has 0 spiro atoms. The van der Waals surface area contributed by atoms with Gasteiger partial charge in [-0.2, -0.15) is 0 Å². The lowest BCUT2D eigenvalue weighted by atomic mass is 9.95. The number of halogens is 1. The summed E-state index contributed by atoms with van der Waals surface area (Å²) >= 11 is 0. The number of hydrogen-bond acceptors (Lipinski definition) is 4. The molecule has 1 heterocycles. The van der Waals surface area contributed by atoms with Gasteiger partial charge in [-0.1, -0.05) is 6.08 Å². The van der Waals surface area contributed by atoms with Crippen LogP contribution < -0.4 is 10.9 Å². The summed E-state index contributed by atoms with van der Waals surface area (Å²) in [6.07, 6.45) is 4.92. The summed E-state index contributed by atoms with van der Waals surface area (Å²) < 4.78 is 37.1. The Bertz CT molecular complexity index is 1040. The molecule has 1 amide bonds. The average molecular weight is 390 g/mol. The first kappa shape index (κ1) is 19.0. The first-order valence-electron chi connectivity index (χ1n) is 8.57. The minimum Gasteiger partial charge on any atom is -0.348 e. The molecule has 27 heavy (non-hydrogen) atoms. The van der Waals surface area contributed by atoms with Gasteiger partial charge in [0.1, 0.15) is 11.4 Å². The fourth-order valence-electron chi connectivity index (χ4n) is 2.97. The third-order valence-electron chi connectivity index (χ3n) is 4.38. The second-order valence-electron chi connectivity index (χ2n) is 6.30. The minimum atomic E-state index is -3.73. The van der Waals surface area contributed by atoms with Crippen LogP contribution in [0.15, 0.2) is 51.5 Å². The van der Waals surface area contributed by atoms with Crippen molar-refractivity contribution in [3.63, 3.8) is 0 Å². The Balaban J connectivity index is 1.65. The Kier molecular flexibility index (Phi) is 5.55. The maximum Gasteiger partial charge on any atom is 0.261 e. The zero-order valence-corrected chi connectivity index (χ0v) is 15.3. The lowest BCUT2D eigenvalue weighted by Crippen LogP contribution is -2.31. The van der Waals surface area contributed by atoms with Crippen LogP contribution in [0.4, 0.5) is 4.39 Å². The van der Waals surface area contributed by atoms with E-state index in [1.54, 1.807) is 6.07 Å². The van der Waals surface area contributed by atoms with Gasteiger partial charge in [0.2, 0.25) is 0 Å². The average Bonchev–Trinajstić information content (AvgIpc) is 2.65. The number of benzene rings is 1. The van der Waals surface area contributed by atoms with Gasteiger partial charge in [-0.05, 0) is 61.6 Å². The van der Waals surface area contributed by atoms with Gasteiger partial charge in [0, 0.05) is 17.6 Å². The molecule has 0 radical (unpaired) electrons. The summed E-state index contributed by atoms with van der Waals surface area (Å²) in [4.78, 5) is 27.0. The quantitative estimate of drug-likeness (QED) is 0.765. The summed E-state index contributed by atoms with van der Waals surface area (Å²) in [5.74, 6) is -1.09. The third kappa shape index (κ3) is 4.51. The van der Waals surface area contributed by atoms with Crippen molar-refractivity contribution < 1.29 is 17.6 Å². The molecule has 142 valence electrons. The number of aromatic nitrogens is 1. The van der Waals surface area contributed by atoms with Gasteiger partial charge in [-0.3, -0.25) is 9.59 Å². The van der Waals surface area contributed by atoms with E-state index in [1.807, 2.05) is 0 Å². The van der Waals surface area contributed by atoms with Crippen LogP contribution in [-0.2, 0) is 22.7 Å². The number of nitrogens with one attached hydrogen (secondary N) is 2. The molecule has 2 aromatic rings. The van der Waals surface area contributed by atoms with Crippen molar-refractivity contribution in [2.75, 3.05) is 6.54 Å². The van der Waals surface area contributed by atoms with Gasteiger partial charge in [0.05, 0.1) is 4.90 Å². The maximum atomic E-state index is 12.9. The van der Waals surface area contributed by atoms with Crippen molar-refractivity contribution >= 4 is 15.7 Å². The Morgan fingerprint density at radius 1 is 1.19 bits per heavy atom. The number of sulfone groups is 1. The molecule has 8 heteroatoms. The molecule has 1 aliphatic rings. The van der Waals surface area contributed by atoms with E-state index < -0.39 is 27.1 Å². The molecule has 0 atom stereocenters. The number of carbonyl (C=O) groups is 1. The van der Waals surface area contributed by atoms with Gasteiger partial charge >= 0.3 is 0 Å². The number of carbonyl (C=O) groups excluding carboxylic acids is 1. The lowest BCUT2D eigenvalue weighted by molar-refractivity contribution is 0.0956. The standard InChI is InChI=1S/C19H19FN2O4S/c20-14-6-8-15(9-7-14)27(25,26)11-3-10-21-18(23)16-12-13-4-1-2-5-17(13)22-19(16)24/h3,6-9,11-12H,1-2,4-5,10H2,(H,21,23)(H,22,24)/b11-3+. The van der Waals surface area contributed by atoms with Crippen molar-refractivity contribution in [1.82, 2.24) is 10.3 Å². The molecule has 0 saturated heterocycles. The van der Waals surface area contributed by atoms with E-state index in [-0.39, 0.29) is 17.0 Å². The second-order valence-corrected chi connectivity index (χ2v) is 8.14. The smallest absolute Gasteiger partial charge is 0.261 e. The SMILES string of the molecule is O=C(NC/C=C/S(=O)(=O)c1ccc(F)cc1)c1cc2c([nH]c1=O)CCCC2. The highest BCUT2D eigenvalue weighted by Gasteiger charge is 2.16. The van der Waals surface area contributed by atoms with Gasteiger partial charge in [-0.25, -0.2) is 12.8 Å². The number of aryl methyl sites for hydroxylation is 2. The van der Waals surface area contributed by atoms with Crippen molar-refractivity contribution in [2.45, 2.75) is 30.6 Å². The van der Waals surface area contributed by atoms with Crippen LogP contribution in [-0.4, -0.2) is 25.9 Å². The number of amides is 1. The van der Waals surface area contributed by atoms with Gasteiger partial charge < -0.3 is 10.3 Å². The van der Waals surface area contributed by atoms with Crippen LogP contribution in [0.5, 0.6) is 0 Å². The van der Waals surface area contributed by atoms with Gasteiger partial charge in [0.25, 0.3) is 11.5 Å². The number of fused-ring (bicyclic) bond motifs is 1. The van der Waals surface area contributed by atoms with E-state index in [0.29, 0.717) is 0 Å². The molecule has 1 aliphatic carbocycles. The Morgan fingerprint density at radius 2 is 1.89 bits per heavy atom. The molecular weight excluding hydrogens is 371 g/mol. The second kappa shape index (κ2) is 7.87. The fourth-order valence-corrected chi connectivity index (χ4v) is 3.99. The van der Waals surface area contributed by atoms with Crippen molar-refractivity contribution in [1.29, 1.82) is 0 Å². The van der Waals surface area contributed by atoms with Crippen molar-refractivity contribution in [3.05, 3.63) is 74.8 Å². The van der Waals surface area contributed by atoms with Crippen LogP contribution in [0, 0.1) is 5.82 Å². The molecule has 0 unspecified atom stereocenters. The first-order chi connectivity index (χ1) is 12.9. The molecule has 3 rings (SSSR count). The van der Waals surface area contributed by atoms with E-state index in [1.165, 1.54) is 18.2 Å². The molecule has 0 bridgehead atoms. The number of rotatable bonds is 5. The summed E-state index contributed by atoms with van der Waals surface area (Å²) in [6.45, 7) is -0.0597. The van der Waals surface area contributed by atoms with Crippen LogP contribution >= 0.6 is 0 Å². The molecule has 0 saturated carbocycles. The number of pyridine rings is 1. The normalized spacial score (nSPS) is 14.1. The summed E-state index contributed by atoms with van der Waals surface area (Å²) in [7, 11) is -3.73. The highest BCUT2D eigenvalue weighted by atomic mass is 32.2. The molecule has 0 fully saturated rings. The Labute approximate surface area is 156 Å². The third-order valence-corrected chi connectivity index (χ3v) is 5.86. The van der Waals surface area contributed by atoms with Crippen LogP contribution in [0.2, 0.25) is 0 Å². The lowest BCUT2D eigenvalue weighted by Gasteiger charge is -2.15. The van der Waals surface area contributed by atoms with Crippen LogP contribution in [0.25, 0.3) is 0 Å². The first-order valence-corrected chi connectivity index (χ1v) is 10.1. The van der Waals surface area contributed by atoms with E-state index in [9.17, 15) is 22.4 Å². The molecule has 0 aliphatic heterocycles. The van der Waals surface area contributed by atoms with E-state index in [4.69, 9.17) is 0 Å². The molecule has 2 N–H and O–H groups in total. The summed E-state index contributed by atoms with van der Waals surface area (Å²) in [5, 5.41) is 3.45. The number of hydrogen-bond donors (Lipinski definition) is 2. The monoisotopic (exact) mass is 390 g/mol. The van der Waals surface area contributed by atoms with Crippen molar-refractivity contribution in [3.8, 4) is 0 Å². The largest absolute Gasteiger partial charge is 0.348 e.